The van der Waals surface area contributed by atoms with Crippen LogP contribution in [0.3, 0.4) is 0 Å². The van der Waals surface area contributed by atoms with Gasteiger partial charge in [0.1, 0.15) is 0 Å². The molecule has 0 unspecified atom stereocenters. The topological polar surface area (TPSA) is 72.3 Å². The molecule has 2 rings (SSSR count). The third kappa shape index (κ3) is 3.81. The van der Waals surface area contributed by atoms with E-state index in [0.717, 1.165) is 31.5 Å². The zero-order valence-corrected chi connectivity index (χ0v) is 12.2. The minimum atomic E-state index is -0.454. The van der Waals surface area contributed by atoms with Gasteiger partial charge in [0.2, 0.25) is 5.91 Å². The molecular formula is C16H25N3O. The van der Waals surface area contributed by atoms with Crippen molar-refractivity contribution in [1.29, 1.82) is 0 Å². The lowest BCUT2D eigenvalue weighted by molar-refractivity contribution is -0.134. The molecule has 3 atom stereocenters. The maximum Gasteiger partial charge on any atom is 0.239 e. The average Bonchev–Trinajstić information content (AvgIpc) is 2.47. The van der Waals surface area contributed by atoms with Crippen LogP contribution >= 0.6 is 0 Å². The Balaban J connectivity index is 1.93. The molecule has 1 aromatic rings. The molecule has 110 valence electrons. The average molecular weight is 275 g/mol. The van der Waals surface area contributed by atoms with Crippen LogP contribution < -0.4 is 11.5 Å². The maximum atomic E-state index is 12.4. The largest absolute Gasteiger partial charge is 0.341 e. The van der Waals surface area contributed by atoms with E-state index in [1.54, 1.807) is 0 Å². The monoisotopic (exact) mass is 275 g/mol. The Morgan fingerprint density at radius 1 is 1.35 bits per heavy atom. The molecule has 1 aromatic carbocycles. The lowest BCUT2D eigenvalue weighted by Gasteiger charge is -2.36. The van der Waals surface area contributed by atoms with Crippen molar-refractivity contribution in [1.82, 2.24) is 4.90 Å². The van der Waals surface area contributed by atoms with Crippen LogP contribution in [-0.2, 0) is 11.2 Å². The van der Waals surface area contributed by atoms with E-state index >= 15 is 0 Å². The minimum Gasteiger partial charge on any atom is -0.341 e. The fraction of sp³-hybridized carbons (Fsp3) is 0.562. The predicted molar refractivity (Wildman–Crippen MR) is 81.1 cm³/mol. The minimum absolute atomic E-state index is 0.0548. The van der Waals surface area contributed by atoms with Gasteiger partial charge < -0.3 is 16.4 Å². The highest BCUT2D eigenvalue weighted by Gasteiger charge is 2.28. The second-order valence-corrected chi connectivity index (χ2v) is 5.84. The van der Waals surface area contributed by atoms with Crippen LogP contribution in [0.1, 0.15) is 25.3 Å². The molecule has 0 aliphatic carbocycles. The Morgan fingerprint density at radius 2 is 2.05 bits per heavy atom. The lowest BCUT2D eigenvalue weighted by atomic mass is 9.91. The predicted octanol–water partition coefficient (Wildman–Crippen LogP) is 1.14. The summed E-state index contributed by atoms with van der Waals surface area (Å²) in [6, 6.07) is 9.61. The Hall–Kier alpha value is -1.39. The molecule has 1 aliphatic heterocycles. The molecule has 1 saturated heterocycles. The van der Waals surface area contributed by atoms with Crippen LogP contribution in [0.25, 0.3) is 0 Å². The molecule has 1 fully saturated rings. The van der Waals surface area contributed by atoms with Crippen LogP contribution in [0.5, 0.6) is 0 Å². The summed E-state index contributed by atoms with van der Waals surface area (Å²) in [7, 11) is 0. The molecule has 0 radical (unpaired) electrons. The molecule has 4 nitrogen and oxygen atoms in total. The number of hydrogen-bond donors (Lipinski definition) is 2. The van der Waals surface area contributed by atoms with E-state index in [0.29, 0.717) is 12.3 Å². The maximum absolute atomic E-state index is 12.4. The number of nitrogens with two attached hydrogens (primary N) is 2. The fourth-order valence-electron chi connectivity index (χ4n) is 2.83. The van der Waals surface area contributed by atoms with Crippen molar-refractivity contribution in [3.8, 4) is 0 Å². The van der Waals surface area contributed by atoms with Crippen molar-refractivity contribution in [2.75, 3.05) is 13.1 Å². The Bertz CT molecular complexity index is 433. The lowest BCUT2D eigenvalue weighted by Crippen LogP contribution is -2.51. The molecule has 1 heterocycles. The van der Waals surface area contributed by atoms with Crippen molar-refractivity contribution in [2.45, 2.75) is 38.3 Å². The van der Waals surface area contributed by atoms with Gasteiger partial charge in [-0.15, -0.1) is 0 Å². The number of carbonyl (C=O) groups is 1. The fourth-order valence-corrected chi connectivity index (χ4v) is 2.83. The van der Waals surface area contributed by atoms with Gasteiger partial charge in [0, 0.05) is 19.1 Å². The molecule has 0 aromatic heterocycles. The highest BCUT2D eigenvalue weighted by atomic mass is 16.2. The molecule has 4 heteroatoms. The highest BCUT2D eigenvalue weighted by Crippen LogP contribution is 2.19. The Labute approximate surface area is 121 Å². The van der Waals surface area contributed by atoms with Crippen LogP contribution in [0, 0.1) is 5.92 Å². The quantitative estimate of drug-likeness (QED) is 0.865. The van der Waals surface area contributed by atoms with Crippen molar-refractivity contribution in [2.24, 2.45) is 17.4 Å². The first-order valence-corrected chi connectivity index (χ1v) is 7.42. The van der Waals surface area contributed by atoms with E-state index in [4.69, 9.17) is 11.5 Å². The van der Waals surface area contributed by atoms with Crippen molar-refractivity contribution >= 4 is 5.91 Å². The highest BCUT2D eigenvalue weighted by molar-refractivity contribution is 5.82. The standard InChI is InChI=1S/C16H25N3O/c1-12(17)14-8-5-9-19(11-14)16(20)15(18)10-13-6-3-2-4-7-13/h2-4,6-7,12,14-15H,5,8-11,17-18H2,1H3/t12-,14-,15-/m0/s1. The summed E-state index contributed by atoms with van der Waals surface area (Å²) in [5, 5.41) is 0. The number of hydrogen-bond acceptors (Lipinski definition) is 3. The van der Waals surface area contributed by atoms with Gasteiger partial charge >= 0.3 is 0 Å². The van der Waals surface area contributed by atoms with E-state index in [9.17, 15) is 4.79 Å². The summed E-state index contributed by atoms with van der Waals surface area (Å²) in [5.74, 6) is 0.454. The van der Waals surface area contributed by atoms with E-state index in [-0.39, 0.29) is 11.9 Å². The van der Waals surface area contributed by atoms with Gasteiger partial charge in [-0.1, -0.05) is 30.3 Å². The van der Waals surface area contributed by atoms with Gasteiger partial charge in [-0.3, -0.25) is 4.79 Å². The number of benzene rings is 1. The summed E-state index contributed by atoms with van der Waals surface area (Å²) in [6.45, 7) is 3.58. The molecule has 20 heavy (non-hydrogen) atoms. The second-order valence-electron chi connectivity index (χ2n) is 5.84. The molecule has 0 saturated carbocycles. The van der Waals surface area contributed by atoms with Crippen LogP contribution in [0.4, 0.5) is 0 Å². The van der Waals surface area contributed by atoms with E-state index in [2.05, 4.69) is 0 Å². The first-order valence-electron chi connectivity index (χ1n) is 7.42. The normalized spacial score (nSPS) is 22.4. The summed E-state index contributed by atoms with van der Waals surface area (Å²) >= 11 is 0. The van der Waals surface area contributed by atoms with E-state index in [1.165, 1.54) is 0 Å². The van der Waals surface area contributed by atoms with Crippen LogP contribution in [0.15, 0.2) is 30.3 Å². The van der Waals surface area contributed by atoms with Gasteiger partial charge in [-0.2, -0.15) is 0 Å². The zero-order valence-electron chi connectivity index (χ0n) is 12.2. The number of rotatable bonds is 4. The Morgan fingerprint density at radius 3 is 2.70 bits per heavy atom. The van der Waals surface area contributed by atoms with Gasteiger partial charge in [0.25, 0.3) is 0 Å². The van der Waals surface area contributed by atoms with Gasteiger partial charge in [-0.25, -0.2) is 0 Å². The third-order valence-electron chi connectivity index (χ3n) is 4.13. The molecule has 0 bridgehead atoms. The van der Waals surface area contributed by atoms with Gasteiger partial charge in [-0.05, 0) is 37.7 Å². The number of amides is 1. The second kappa shape index (κ2) is 6.86. The number of nitrogens with zero attached hydrogens (tertiary/aromatic N) is 1. The summed E-state index contributed by atoms with van der Waals surface area (Å²) in [4.78, 5) is 14.3. The number of piperidine rings is 1. The number of likely N-dealkylation sites (tertiary alicyclic amines) is 1. The van der Waals surface area contributed by atoms with Crippen molar-refractivity contribution < 1.29 is 4.79 Å². The zero-order chi connectivity index (χ0) is 14.5. The van der Waals surface area contributed by atoms with Crippen LogP contribution in [-0.4, -0.2) is 36.0 Å². The smallest absolute Gasteiger partial charge is 0.239 e. The van der Waals surface area contributed by atoms with Gasteiger partial charge in [0.05, 0.1) is 6.04 Å². The number of carbonyl (C=O) groups excluding carboxylic acids is 1. The summed E-state index contributed by atoms with van der Waals surface area (Å²) in [5.41, 5.74) is 13.1. The van der Waals surface area contributed by atoms with E-state index in [1.807, 2.05) is 42.2 Å². The van der Waals surface area contributed by atoms with Crippen molar-refractivity contribution in [3.05, 3.63) is 35.9 Å². The first kappa shape index (κ1) is 15.0. The summed E-state index contributed by atoms with van der Waals surface area (Å²) < 4.78 is 0. The molecule has 1 aliphatic rings. The molecular weight excluding hydrogens is 250 g/mol. The summed E-state index contributed by atoms with van der Waals surface area (Å²) in [6.07, 6.45) is 2.73. The van der Waals surface area contributed by atoms with E-state index < -0.39 is 6.04 Å². The Kier molecular flexibility index (Phi) is 5.15. The van der Waals surface area contributed by atoms with Gasteiger partial charge in [0.15, 0.2) is 0 Å². The molecule has 4 N–H and O–H groups in total. The van der Waals surface area contributed by atoms with Crippen LogP contribution in [0.2, 0.25) is 0 Å². The first-order chi connectivity index (χ1) is 9.58. The molecule has 0 spiro atoms. The molecule has 1 amide bonds. The van der Waals surface area contributed by atoms with Crippen molar-refractivity contribution in [3.63, 3.8) is 0 Å². The SMILES string of the molecule is C[C@H](N)[C@H]1CCCN(C(=O)[C@@H](N)Cc2ccccc2)C1. The third-order valence-corrected chi connectivity index (χ3v) is 4.13.